The van der Waals surface area contributed by atoms with Crippen LogP contribution in [0.3, 0.4) is 0 Å². The molecule has 0 unspecified atom stereocenters. The summed E-state index contributed by atoms with van der Waals surface area (Å²) in [5, 5.41) is 3.25. The number of halogens is 5. The molecule has 0 saturated carbocycles. The normalized spacial score (nSPS) is 21.8. The Morgan fingerprint density at radius 3 is 2.31 bits per heavy atom. The third kappa shape index (κ3) is 4.34. The molecule has 2 saturated heterocycles. The van der Waals surface area contributed by atoms with Crippen LogP contribution in [0.2, 0.25) is 0 Å². The van der Waals surface area contributed by atoms with Crippen molar-refractivity contribution in [2.75, 3.05) is 40.4 Å². The van der Waals surface area contributed by atoms with Crippen LogP contribution in [0.1, 0.15) is 36.3 Å². The standard InChI is InChI=1S/C26H29F5N2O3/c1-35-22-19(14-18(27)15-21(22)28)20-16-32-11-8-24(20)9-12-33(13-10-24)23(34)25(36-2,26(29,30)31)17-6-4-3-5-7-17/h3-7,14-15,20,32H,8-13,16H2,1-2H3/t20-,25+/m0/s1. The van der Waals surface area contributed by atoms with E-state index >= 15 is 0 Å². The zero-order chi connectivity index (χ0) is 26.1. The molecule has 2 aromatic carbocycles. The summed E-state index contributed by atoms with van der Waals surface area (Å²) in [4.78, 5) is 14.7. The highest BCUT2D eigenvalue weighted by molar-refractivity contribution is 5.88. The number of methoxy groups -OCH3 is 2. The average molecular weight is 513 g/mol. The van der Waals surface area contributed by atoms with Crippen molar-refractivity contribution in [1.82, 2.24) is 10.2 Å². The number of carbonyl (C=O) groups excluding carboxylic acids is 1. The first-order chi connectivity index (χ1) is 17.1. The molecule has 2 aromatic rings. The molecule has 1 amide bonds. The first kappa shape index (κ1) is 26.3. The summed E-state index contributed by atoms with van der Waals surface area (Å²) >= 11 is 0. The van der Waals surface area contributed by atoms with Crippen LogP contribution in [0.5, 0.6) is 5.75 Å². The highest BCUT2D eigenvalue weighted by Gasteiger charge is 2.64. The van der Waals surface area contributed by atoms with Crippen LogP contribution in [0.25, 0.3) is 0 Å². The summed E-state index contributed by atoms with van der Waals surface area (Å²) in [6.45, 7) is 1.20. The van der Waals surface area contributed by atoms with Crippen LogP contribution in [0, 0.1) is 17.0 Å². The first-order valence-corrected chi connectivity index (χ1v) is 11.8. The molecule has 1 spiro atoms. The summed E-state index contributed by atoms with van der Waals surface area (Å²) in [5.41, 5.74) is -3.49. The first-order valence-electron chi connectivity index (χ1n) is 11.8. The SMILES string of the molecule is COc1c(F)cc(F)cc1[C@@H]1CNCCC12CCN(C(=O)[C@](OC)(c1ccccc1)C(F)(F)F)CC2. The lowest BCUT2D eigenvalue weighted by molar-refractivity contribution is -0.271. The van der Waals surface area contributed by atoms with Crippen molar-refractivity contribution in [1.29, 1.82) is 0 Å². The maximum Gasteiger partial charge on any atom is 0.430 e. The van der Waals surface area contributed by atoms with Crippen molar-refractivity contribution in [3.8, 4) is 5.75 Å². The summed E-state index contributed by atoms with van der Waals surface area (Å²) in [5.74, 6) is -3.08. The number of nitrogens with one attached hydrogen (secondary N) is 1. The van der Waals surface area contributed by atoms with Crippen LogP contribution >= 0.6 is 0 Å². The van der Waals surface area contributed by atoms with Crippen molar-refractivity contribution < 1.29 is 36.2 Å². The van der Waals surface area contributed by atoms with E-state index < -0.39 is 34.7 Å². The van der Waals surface area contributed by atoms with Crippen molar-refractivity contribution in [2.24, 2.45) is 5.41 Å². The molecule has 0 bridgehead atoms. The Morgan fingerprint density at radius 2 is 1.72 bits per heavy atom. The van der Waals surface area contributed by atoms with Gasteiger partial charge in [0.2, 0.25) is 0 Å². The molecule has 10 heteroatoms. The van der Waals surface area contributed by atoms with Gasteiger partial charge in [0.05, 0.1) is 7.11 Å². The van der Waals surface area contributed by atoms with Crippen molar-refractivity contribution in [3.05, 3.63) is 65.2 Å². The van der Waals surface area contributed by atoms with Gasteiger partial charge in [-0.2, -0.15) is 13.2 Å². The van der Waals surface area contributed by atoms with Crippen molar-refractivity contribution in [3.63, 3.8) is 0 Å². The molecule has 0 aromatic heterocycles. The van der Waals surface area contributed by atoms with E-state index in [0.29, 0.717) is 37.9 Å². The number of benzene rings is 2. The largest absolute Gasteiger partial charge is 0.493 e. The van der Waals surface area contributed by atoms with E-state index in [2.05, 4.69) is 5.32 Å². The number of amides is 1. The summed E-state index contributed by atoms with van der Waals surface area (Å²) < 4.78 is 82.0. The van der Waals surface area contributed by atoms with Gasteiger partial charge in [-0.05, 0) is 37.3 Å². The van der Waals surface area contributed by atoms with Gasteiger partial charge in [0.25, 0.3) is 11.5 Å². The zero-order valence-electron chi connectivity index (χ0n) is 20.1. The quantitative estimate of drug-likeness (QED) is 0.587. The smallest absolute Gasteiger partial charge is 0.430 e. The molecular formula is C26H29F5N2O3. The number of ether oxygens (including phenoxy) is 2. The number of rotatable bonds is 5. The third-order valence-corrected chi connectivity index (χ3v) is 7.74. The highest BCUT2D eigenvalue weighted by atomic mass is 19.4. The van der Waals surface area contributed by atoms with Gasteiger partial charge in [-0.15, -0.1) is 0 Å². The van der Waals surface area contributed by atoms with Gasteiger partial charge in [0.1, 0.15) is 5.82 Å². The molecular weight excluding hydrogens is 483 g/mol. The zero-order valence-corrected chi connectivity index (χ0v) is 20.1. The van der Waals surface area contributed by atoms with E-state index in [9.17, 15) is 26.7 Å². The second-order valence-electron chi connectivity index (χ2n) is 9.42. The predicted molar refractivity (Wildman–Crippen MR) is 123 cm³/mol. The molecule has 2 aliphatic rings. The van der Waals surface area contributed by atoms with Crippen LogP contribution in [0.15, 0.2) is 42.5 Å². The fourth-order valence-corrected chi connectivity index (χ4v) is 5.85. The fourth-order valence-electron chi connectivity index (χ4n) is 5.85. The lowest BCUT2D eigenvalue weighted by Crippen LogP contribution is -2.59. The van der Waals surface area contributed by atoms with Crippen LogP contribution < -0.4 is 10.1 Å². The minimum Gasteiger partial charge on any atom is -0.493 e. The molecule has 0 radical (unpaired) electrons. The molecule has 4 rings (SSSR count). The van der Waals surface area contributed by atoms with E-state index in [1.54, 1.807) is 6.07 Å². The molecule has 5 nitrogen and oxygen atoms in total. The topological polar surface area (TPSA) is 50.8 Å². The Labute approximate surface area is 206 Å². The summed E-state index contributed by atoms with van der Waals surface area (Å²) in [7, 11) is 2.20. The summed E-state index contributed by atoms with van der Waals surface area (Å²) in [6, 6.07) is 8.90. The number of hydrogen-bond acceptors (Lipinski definition) is 4. The van der Waals surface area contributed by atoms with Crippen molar-refractivity contribution in [2.45, 2.75) is 37.0 Å². The third-order valence-electron chi connectivity index (χ3n) is 7.74. The van der Waals surface area contributed by atoms with Gasteiger partial charge in [-0.25, -0.2) is 8.78 Å². The second kappa shape index (κ2) is 9.97. The monoisotopic (exact) mass is 512 g/mol. The highest BCUT2D eigenvalue weighted by Crippen LogP contribution is 2.52. The Balaban J connectivity index is 1.64. The number of hydrogen-bond donors (Lipinski definition) is 1. The van der Waals surface area contributed by atoms with Gasteiger partial charge in [-0.1, -0.05) is 30.3 Å². The van der Waals surface area contributed by atoms with Gasteiger partial charge < -0.3 is 19.7 Å². The fraction of sp³-hybridized carbons (Fsp3) is 0.500. The lowest BCUT2D eigenvalue weighted by Gasteiger charge is -2.51. The number of piperidine rings is 2. The average Bonchev–Trinajstić information content (AvgIpc) is 2.85. The molecule has 2 heterocycles. The molecule has 36 heavy (non-hydrogen) atoms. The molecule has 1 N–H and O–H groups in total. The number of alkyl halides is 3. The van der Waals surface area contributed by atoms with E-state index in [4.69, 9.17) is 9.47 Å². The Hall–Kier alpha value is -2.72. The van der Waals surface area contributed by atoms with Crippen molar-refractivity contribution >= 4 is 5.91 Å². The lowest BCUT2D eigenvalue weighted by atomic mass is 9.62. The Bertz CT molecular complexity index is 1090. The van der Waals surface area contributed by atoms with Gasteiger partial charge in [-0.3, -0.25) is 4.79 Å². The van der Waals surface area contributed by atoms with Gasteiger partial charge in [0, 0.05) is 49.9 Å². The van der Waals surface area contributed by atoms with Gasteiger partial charge in [0.15, 0.2) is 11.6 Å². The maximum absolute atomic E-state index is 14.5. The number of likely N-dealkylation sites (tertiary alicyclic amines) is 1. The van der Waals surface area contributed by atoms with Crippen LogP contribution in [0.4, 0.5) is 22.0 Å². The predicted octanol–water partition coefficient (Wildman–Crippen LogP) is 4.76. The molecule has 2 atom stereocenters. The minimum atomic E-state index is -4.99. The van der Waals surface area contributed by atoms with E-state index in [1.165, 1.54) is 42.3 Å². The molecule has 2 fully saturated rings. The molecule has 196 valence electrons. The number of nitrogens with zero attached hydrogens (tertiary/aromatic N) is 1. The van der Waals surface area contributed by atoms with E-state index in [-0.39, 0.29) is 30.3 Å². The Morgan fingerprint density at radius 1 is 1.06 bits per heavy atom. The van der Waals surface area contributed by atoms with Crippen LogP contribution in [-0.4, -0.2) is 57.4 Å². The number of carbonyl (C=O) groups is 1. The maximum atomic E-state index is 14.5. The molecule has 0 aliphatic carbocycles. The summed E-state index contributed by atoms with van der Waals surface area (Å²) in [6.07, 6.45) is -3.59. The van der Waals surface area contributed by atoms with E-state index in [1.807, 2.05) is 0 Å². The molecule has 2 aliphatic heterocycles. The minimum absolute atomic E-state index is 0.0393. The van der Waals surface area contributed by atoms with E-state index in [0.717, 1.165) is 13.2 Å². The van der Waals surface area contributed by atoms with Gasteiger partial charge >= 0.3 is 6.18 Å². The van der Waals surface area contributed by atoms with Crippen LogP contribution in [-0.2, 0) is 15.1 Å². The second-order valence-corrected chi connectivity index (χ2v) is 9.42. The Kier molecular flexibility index (Phi) is 7.30.